The van der Waals surface area contributed by atoms with Crippen LogP contribution in [0.4, 0.5) is 11.4 Å². The summed E-state index contributed by atoms with van der Waals surface area (Å²) in [7, 11) is 8.06. The number of nitrogens with zero attached hydrogens (tertiary/aromatic N) is 2. The van der Waals surface area contributed by atoms with Gasteiger partial charge in [-0.05, 0) is 53.9 Å². The molecule has 1 atom stereocenters. The van der Waals surface area contributed by atoms with Crippen molar-refractivity contribution in [2.75, 3.05) is 38.0 Å². The summed E-state index contributed by atoms with van der Waals surface area (Å²) in [5.74, 6) is -0.131. The third-order valence-corrected chi connectivity index (χ3v) is 5.90. The van der Waals surface area contributed by atoms with Gasteiger partial charge in [-0.15, -0.1) is 0 Å². The predicted molar refractivity (Wildman–Crippen MR) is 123 cm³/mol. The fourth-order valence-electron chi connectivity index (χ4n) is 3.53. The van der Waals surface area contributed by atoms with Gasteiger partial charge < -0.3 is 14.4 Å². The molecule has 0 aliphatic carbocycles. The molecule has 0 amide bonds. The van der Waals surface area contributed by atoms with Crippen LogP contribution >= 0.6 is 0 Å². The Morgan fingerprint density at radius 1 is 0.759 bits per heavy atom. The molecule has 3 rings (SSSR count). The number of hydrogen-bond donors (Lipinski definition) is 1. The van der Waals surface area contributed by atoms with Crippen LogP contribution in [-0.4, -0.2) is 37.0 Å². The van der Waals surface area contributed by atoms with Gasteiger partial charge in [-0.3, -0.25) is 0 Å². The Hall–Kier alpha value is -2.63. The van der Waals surface area contributed by atoms with Crippen molar-refractivity contribution in [3.63, 3.8) is 0 Å². The Labute approximate surface area is 176 Å². The van der Waals surface area contributed by atoms with E-state index in [9.17, 15) is 8.76 Å². The lowest BCUT2D eigenvalue weighted by molar-refractivity contribution is 0.563. The fourth-order valence-corrected chi connectivity index (χ4v) is 4.10. The molecule has 3 aromatic rings. The number of benzene rings is 3. The average molecular weight is 409 g/mol. The normalized spacial score (nSPS) is 12.1. The summed E-state index contributed by atoms with van der Waals surface area (Å²) < 4.78 is 22.0. The maximum absolute atomic E-state index is 12.1. The topological polar surface area (TPSA) is 43.8 Å². The molecule has 5 heteroatoms. The summed E-state index contributed by atoms with van der Waals surface area (Å²) in [5, 5.41) is 0. The van der Waals surface area contributed by atoms with Crippen LogP contribution in [0.15, 0.2) is 71.6 Å². The van der Waals surface area contributed by atoms with Gasteiger partial charge in [0, 0.05) is 45.5 Å². The second kappa shape index (κ2) is 8.80. The van der Waals surface area contributed by atoms with Crippen LogP contribution in [0, 0.1) is 6.92 Å². The van der Waals surface area contributed by atoms with Crippen molar-refractivity contribution >= 4 is 22.5 Å². The lowest BCUT2D eigenvalue weighted by atomic mass is 9.84. The van der Waals surface area contributed by atoms with E-state index >= 15 is 0 Å². The first-order valence-electron chi connectivity index (χ1n) is 9.54. The predicted octanol–water partition coefficient (Wildman–Crippen LogP) is 4.89. The summed E-state index contributed by atoms with van der Waals surface area (Å²) >= 11 is -2.06. The quantitative estimate of drug-likeness (QED) is 0.466. The minimum absolute atomic E-state index is 0.131. The first-order valence-corrected chi connectivity index (χ1v) is 10.6. The lowest BCUT2D eigenvalue weighted by Crippen LogP contribution is -2.11. The van der Waals surface area contributed by atoms with Crippen molar-refractivity contribution in [2.45, 2.75) is 17.7 Å². The second-order valence-electron chi connectivity index (χ2n) is 7.70. The number of hydrogen-bond acceptors (Lipinski definition) is 3. The molecule has 0 aliphatic rings. The van der Waals surface area contributed by atoms with Crippen molar-refractivity contribution in [3.05, 3.63) is 89.0 Å². The lowest BCUT2D eigenvalue weighted by Gasteiger charge is -2.23. The molecule has 0 aliphatic heterocycles. The first kappa shape index (κ1) is 21.1. The summed E-state index contributed by atoms with van der Waals surface area (Å²) in [6.45, 7) is 2.01. The van der Waals surface area contributed by atoms with Gasteiger partial charge in [-0.1, -0.05) is 42.0 Å². The highest BCUT2D eigenvalue weighted by Gasteiger charge is 2.22. The molecule has 0 fully saturated rings. The van der Waals surface area contributed by atoms with Crippen molar-refractivity contribution in [3.8, 4) is 0 Å². The highest BCUT2D eigenvalue weighted by atomic mass is 32.2. The maximum Gasteiger partial charge on any atom is 0.186 e. The van der Waals surface area contributed by atoms with Gasteiger partial charge in [0.25, 0.3) is 0 Å². The average Bonchev–Trinajstić information content (AvgIpc) is 2.69. The zero-order valence-electron chi connectivity index (χ0n) is 17.6. The Balaban J connectivity index is 2.19. The van der Waals surface area contributed by atoms with Crippen LogP contribution < -0.4 is 9.80 Å². The SMILES string of the molecule is Cc1ccc(S(=O)O)c(C(c2ccc(N(C)C)cc2)c2ccc(N(C)C)cc2)c1. The van der Waals surface area contributed by atoms with Crippen LogP contribution in [0.3, 0.4) is 0 Å². The van der Waals surface area contributed by atoms with E-state index in [0.717, 1.165) is 33.6 Å². The summed E-state index contributed by atoms with van der Waals surface area (Å²) in [6, 6.07) is 22.4. The zero-order chi connectivity index (χ0) is 21.1. The van der Waals surface area contributed by atoms with Crippen molar-refractivity contribution in [2.24, 2.45) is 0 Å². The molecular weight excluding hydrogens is 380 g/mol. The van der Waals surface area contributed by atoms with E-state index < -0.39 is 11.1 Å². The third kappa shape index (κ3) is 4.69. The van der Waals surface area contributed by atoms with E-state index in [0.29, 0.717) is 4.90 Å². The second-order valence-corrected chi connectivity index (χ2v) is 8.63. The fraction of sp³-hybridized carbons (Fsp3) is 0.250. The molecule has 152 valence electrons. The highest BCUT2D eigenvalue weighted by molar-refractivity contribution is 7.79. The van der Waals surface area contributed by atoms with Crippen LogP contribution in [0.2, 0.25) is 0 Å². The largest absolute Gasteiger partial charge is 0.378 e. The van der Waals surface area contributed by atoms with E-state index in [1.165, 1.54) is 0 Å². The van der Waals surface area contributed by atoms with Crippen molar-refractivity contribution < 1.29 is 8.76 Å². The van der Waals surface area contributed by atoms with E-state index in [1.807, 2.05) is 47.2 Å². The van der Waals surface area contributed by atoms with Gasteiger partial charge in [0.2, 0.25) is 0 Å². The molecule has 29 heavy (non-hydrogen) atoms. The van der Waals surface area contributed by atoms with Crippen molar-refractivity contribution in [1.82, 2.24) is 0 Å². The Kier molecular flexibility index (Phi) is 6.40. The molecule has 0 bridgehead atoms. The van der Waals surface area contributed by atoms with E-state index in [1.54, 1.807) is 6.07 Å². The summed E-state index contributed by atoms with van der Waals surface area (Å²) in [5.41, 5.74) is 6.34. The maximum atomic E-state index is 12.1. The van der Waals surface area contributed by atoms with Gasteiger partial charge in [0.1, 0.15) is 0 Å². The van der Waals surface area contributed by atoms with Crippen LogP contribution in [0.1, 0.15) is 28.2 Å². The summed E-state index contributed by atoms with van der Waals surface area (Å²) in [4.78, 5) is 4.57. The molecule has 1 unspecified atom stereocenters. The number of anilines is 2. The molecule has 0 aromatic heterocycles. The standard InChI is InChI=1S/C24H28N2O2S/c1-17-6-15-23(29(27)28)22(16-17)24(18-7-11-20(12-8-18)25(2)3)19-9-13-21(14-10-19)26(4)5/h6-16,24H,1-5H3,(H,27,28). The van der Waals surface area contributed by atoms with Gasteiger partial charge in [-0.25, -0.2) is 4.21 Å². The Bertz CT molecular complexity index is 945. The number of rotatable bonds is 6. The molecule has 0 heterocycles. The molecule has 1 N–H and O–H groups in total. The highest BCUT2D eigenvalue weighted by Crippen LogP contribution is 2.37. The molecular formula is C24H28N2O2S. The monoisotopic (exact) mass is 408 g/mol. The van der Waals surface area contributed by atoms with Crippen molar-refractivity contribution in [1.29, 1.82) is 0 Å². The molecule has 4 nitrogen and oxygen atoms in total. The minimum atomic E-state index is -2.06. The van der Waals surface area contributed by atoms with Crippen LogP contribution in [0.25, 0.3) is 0 Å². The minimum Gasteiger partial charge on any atom is -0.378 e. The molecule has 0 spiro atoms. The van der Waals surface area contributed by atoms with Gasteiger partial charge >= 0.3 is 0 Å². The van der Waals surface area contributed by atoms with Crippen LogP contribution in [-0.2, 0) is 11.1 Å². The summed E-state index contributed by atoms with van der Waals surface area (Å²) in [6.07, 6.45) is 0. The molecule has 0 saturated carbocycles. The van der Waals surface area contributed by atoms with E-state index in [-0.39, 0.29) is 5.92 Å². The van der Waals surface area contributed by atoms with Gasteiger partial charge in [-0.2, -0.15) is 0 Å². The molecule has 0 radical (unpaired) electrons. The smallest absolute Gasteiger partial charge is 0.186 e. The molecule has 3 aromatic carbocycles. The number of aryl methyl sites for hydroxylation is 1. The van der Waals surface area contributed by atoms with E-state index in [2.05, 4.69) is 58.3 Å². The van der Waals surface area contributed by atoms with Crippen LogP contribution in [0.5, 0.6) is 0 Å². The van der Waals surface area contributed by atoms with Gasteiger partial charge in [0.05, 0.1) is 4.90 Å². The molecule has 0 saturated heterocycles. The Morgan fingerprint density at radius 3 is 1.59 bits per heavy atom. The zero-order valence-corrected chi connectivity index (χ0v) is 18.4. The Morgan fingerprint density at radius 2 is 1.21 bits per heavy atom. The first-order chi connectivity index (χ1) is 13.8. The third-order valence-electron chi connectivity index (χ3n) is 5.15. The van der Waals surface area contributed by atoms with Gasteiger partial charge in [0.15, 0.2) is 11.1 Å². The van der Waals surface area contributed by atoms with E-state index in [4.69, 9.17) is 0 Å².